The van der Waals surface area contributed by atoms with Gasteiger partial charge in [0.25, 0.3) is 10.0 Å². The number of hydrogen-bond acceptors (Lipinski definition) is 5. The molecule has 0 saturated carbocycles. The van der Waals surface area contributed by atoms with Crippen molar-refractivity contribution >= 4 is 38.6 Å². The summed E-state index contributed by atoms with van der Waals surface area (Å²) < 4.78 is 28.9. The van der Waals surface area contributed by atoms with E-state index in [2.05, 4.69) is 14.7 Å². The minimum atomic E-state index is -3.77. The zero-order chi connectivity index (χ0) is 15.0. The molecule has 3 aromatic rings. The Kier molecular flexibility index (Phi) is 3.70. The smallest absolute Gasteiger partial charge is 0.260 e. The monoisotopic (exact) mass is 342 g/mol. The van der Waals surface area contributed by atoms with Gasteiger partial charge in [0.05, 0.1) is 11.2 Å². The van der Waals surface area contributed by atoms with Crippen LogP contribution in [-0.2, 0) is 16.6 Å². The van der Waals surface area contributed by atoms with Crippen LogP contribution >= 0.6 is 22.9 Å². The molecule has 3 heterocycles. The van der Waals surface area contributed by atoms with E-state index in [9.17, 15) is 8.42 Å². The Morgan fingerprint density at radius 3 is 2.95 bits per heavy atom. The van der Waals surface area contributed by atoms with E-state index in [0.717, 1.165) is 10.6 Å². The van der Waals surface area contributed by atoms with Crippen molar-refractivity contribution < 1.29 is 8.42 Å². The number of hydrogen-bond donors (Lipinski definition) is 1. The highest BCUT2D eigenvalue weighted by Gasteiger charge is 2.24. The van der Waals surface area contributed by atoms with Crippen LogP contribution in [0.2, 0.25) is 5.15 Å². The van der Waals surface area contributed by atoms with Crippen molar-refractivity contribution in [2.24, 2.45) is 0 Å². The third kappa shape index (κ3) is 2.67. The molecule has 6 nitrogen and oxygen atoms in total. The standard InChI is InChI=1S/C12H11ClN4O2S2/c1-8-9(20-7-14-8)6-15-21(18,19)12-11(13)16-10-4-2-3-5-17(10)12/h2-5,7,15H,6H2,1H3. The van der Waals surface area contributed by atoms with Gasteiger partial charge in [0.15, 0.2) is 10.2 Å². The third-order valence-corrected chi connectivity index (χ3v) is 5.70. The molecule has 0 spiro atoms. The lowest BCUT2D eigenvalue weighted by Crippen LogP contribution is -2.24. The van der Waals surface area contributed by atoms with Gasteiger partial charge in [0, 0.05) is 17.6 Å². The summed E-state index contributed by atoms with van der Waals surface area (Å²) in [6.45, 7) is 2.01. The Hall–Kier alpha value is -1.48. The summed E-state index contributed by atoms with van der Waals surface area (Å²) in [5.74, 6) is 0. The molecule has 0 amide bonds. The molecule has 0 aliphatic rings. The number of aryl methyl sites for hydroxylation is 1. The summed E-state index contributed by atoms with van der Waals surface area (Å²) in [6.07, 6.45) is 1.61. The zero-order valence-electron chi connectivity index (χ0n) is 10.9. The Morgan fingerprint density at radius 1 is 1.43 bits per heavy atom. The fraction of sp³-hybridized carbons (Fsp3) is 0.167. The lowest BCUT2D eigenvalue weighted by molar-refractivity contribution is 0.576. The van der Waals surface area contributed by atoms with Crippen LogP contribution in [-0.4, -0.2) is 22.8 Å². The average molecular weight is 343 g/mol. The van der Waals surface area contributed by atoms with Crippen LogP contribution in [0.15, 0.2) is 34.9 Å². The molecule has 0 aliphatic heterocycles. The van der Waals surface area contributed by atoms with Gasteiger partial charge < -0.3 is 0 Å². The Labute approximate surface area is 130 Å². The van der Waals surface area contributed by atoms with Crippen molar-refractivity contribution in [1.29, 1.82) is 0 Å². The quantitative estimate of drug-likeness (QED) is 0.788. The molecule has 3 rings (SSSR count). The summed E-state index contributed by atoms with van der Waals surface area (Å²) in [4.78, 5) is 8.99. The number of imidazole rings is 1. The second-order valence-corrected chi connectivity index (χ2v) is 7.30. The van der Waals surface area contributed by atoms with Gasteiger partial charge >= 0.3 is 0 Å². The molecule has 0 fully saturated rings. The molecular weight excluding hydrogens is 332 g/mol. The summed E-state index contributed by atoms with van der Waals surface area (Å²) in [7, 11) is -3.77. The van der Waals surface area contributed by atoms with Gasteiger partial charge in [0.1, 0.15) is 5.65 Å². The van der Waals surface area contributed by atoms with Gasteiger partial charge in [-0.1, -0.05) is 17.7 Å². The van der Waals surface area contributed by atoms with Crippen LogP contribution in [0.25, 0.3) is 5.65 Å². The van der Waals surface area contributed by atoms with Gasteiger partial charge in [-0.25, -0.2) is 23.1 Å². The molecule has 110 valence electrons. The highest BCUT2D eigenvalue weighted by molar-refractivity contribution is 7.89. The van der Waals surface area contributed by atoms with Crippen molar-refractivity contribution in [1.82, 2.24) is 19.1 Å². The van der Waals surface area contributed by atoms with Crippen LogP contribution in [0.3, 0.4) is 0 Å². The van der Waals surface area contributed by atoms with Gasteiger partial charge in [-0.3, -0.25) is 4.40 Å². The maximum Gasteiger partial charge on any atom is 0.260 e. The van der Waals surface area contributed by atoms with E-state index in [0.29, 0.717) is 5.65 Å². The Balaban J connectivity index is 1.97. The summed E-state index contributed by atoms with van der Waals surface area (Å²) >= 11 is 7.39. The second-order valence-electron chi connectivity index (χ2n) is 4.32. The lowest BCUT2D eigenvalue weighted by atomic mass is 10.4. The van der Waals surface area contributed by atoms with E-state index in [4.69, 9.17) is 11.6 Å². The minimum Gasteiger partial charge on any atom is -0.288 e. The van der Waals surface area contributed by atoms with Gasteiger partial charge in [-0.2, -0.15) is 0 Å². The minimum absolute atomic E-state index is 0.0465. The highest BCUT2D eigenvalue weighted by Crippen LogP contribution is 2.23. The first kappa shape index (κ1) is 14.5. The predicted octanol–water partition coefficient (Wildman–Crippen LogP) is 2.23. The Morgan fingerprint density at radius 2 is 2.24 bits per heavy atom. The number of nitrogens with zero attached hydrogens (tertiary/aromatic N) is 3. The number of rotatable bonds is 4. The highest BCUT2D eigenvalue weighted by atomic mass is 35.5. The second kappa shape index (κ2) is 5.38. The van der Waals surface area contributed by atoms with E-state index >= 15 is 0 Å². The molecule has 3 aromatic heterocycles. The van der Waals surface area contributed by atoms with Crippen molar-refractivity contribution in [3.8, 4) is 0 Å². The van der Waals surface area contributed by atoms with E-state index in [1.165, 1.54) is 15.7 Å². The molecule has 1 N–H and O–H groups in total. The number of halogens is 1. The first-order valence-electron chi connectivity index (χ1n) is 6.00. The SMILES string of the molecule is Cc1ncsc1CNS(=O)(=O)c1c(Cl)nc2ccccn12. The molecule has 0 unspecified atom stereocenters. The van der Waals surface area contributed by atoms with Crippen molar-refractivity contribution in [3.63, 3.8) is 0 Å². The van der Waals surface area contributed by atoms with Gasteiger partial charge in [-0.15, -0.1) is 11.3 Å². The van der Waals surface area contributed by atoms with Gasteiger partial charge in [-0.05, 0) is 19.1 Å². The predicted molar refractivity (Wildman–Crippen MR) is 81.1 cm³/mol. The topological polar surface area (TPSA) is 76.4 Å². The maximum absolute atomic E-state index is 12.5. The number of pyridine rings is 1. The van der Waals surface area contributed by atoms with Crippen molar-refractivity contribution in [3.05, 3.63) is 45.6 Å². The largest absolute Gasteiger partial charge is 0.288 e. The van der Waals surface area contributed by atoms with Gasteiger partial charge in [0.2, 0.25) is 0 Å². The fourth-order valence-electron chi connectivity index (χ4n) is 1.91. The van der Waals surface area contributed by atoms with Crippen LogP contribution in [0.1, 0.15) is 10.6 Å². The lowest BCUT2D eigenvalue weighted by Gasteiger charge is -2.06. The van der Waals surface area contributed by atoms with Crippen molar-refractivity contribution in [2.45, 2.75) is 18.5 Å². The summed E-state index contributed by atoms with van der Waals surface area (Å²) in [6, 6.07) is 5.18. The molecular formula is C12H11ClN4O2S2. The Bertz CT molecular complexity index is 901. The molecule has 0 saturated heterocycles. The van der Waals surface area contributed by atoms with Crippen molar-refractivity contribution in [2.75, 3.05) is 0 Å². The normalized spacial score (nSPS) is 12.1. The fourth-order valence-corrected chi connectivity index (χ4v) is 4.35. The first-order valence-corrected chi connectivity index (χ1v) is 8.74. The summed E-state index contributed by atoms with van der Waals surface area (Å²) in [5, 5.41) is -0.100. The van der Waals surface area contributed by atoms with Crippen LogP contribution in [0.5, 0.6) is 0 Å². The molecule has 21 heavy (non-hydrogen) atoms. The van der Waals surface area contributed by atoms with E-state index in [-0.39, 0.29) is 16.7 Å². The molecule has 0 atom stereocenters. The first-order chi connectivity index (χ1) is 9.99. The maximum atomic E-state index is 12.5. The van der Waals surface area contributed by atoms with E-state index in [1.807, 2.05) is 6.92 Å². The molecule has 0 bridgehead atoms. The molecule has 0 radical (unpaired) electrons. The van der Waals surface area contributed by atoms with Crippen LogP contribution in [0, 0.1) is 6.92 Å². The number of aromatic nitrogens is 3. The van der Waals surface area contributed by atoms with Crippen LogP contribution in [0.4, 0.5) is 0 Å². The zero-order valence-corrected chi connectivity index (χ0v) is 13.3. The van der Waals surface area contributed by atoms with E-state index in [1.54, 1.807) is 29.9 Å². The number of nitrogens with one attached hydrogen (secondary N) is 1. The molecule has 9 heteroatoms. The van der Waals surface area contributed by atoms with Crippen LogP contribution < -0.4 is 4.72 Å². The van der Waals surface area contributed by atoms with E-state index < -0.39 is 10.0 Å². The number of fused-ring (bicyclic) bond motifs is 1. The summed E-state index contributed by atoms with van der Waals surface area (Å²) in [5.41, 5.74) is 2.98. The number of sulfonamides is 1. The molecule has 0 aromatic carbocycles. The average Bonchev–Trinajstić information content (AvgIpc) is 2.99. The number of thiazole rings is 1. The third-order valence-electron chi connectivity index (χ3n) is 2.97. The molecule has 0 aliphatic carbocycles.